The van der Waals surface area contributed by atoms with E-state index in [2.05, 4.69) is 55.4 Å². The summed E-state index contributed by atoms with van der Waals surface area (Å²) in [4.78, 5) is 0. The molecule has 0 aliphatic heterocycles. The minimum absolute atomic E-state index is 0.133. The van der Waals surface area contributed by atoms with Gasteiger partial charge in [-0.05, 0) is 53.0 Å². The quantitative estimate of drug-likeness (QED) is 0.714. The highest BCUT2D eigenvalue weighted by molar-refractivity contribution is 5.60. The molecule has 0 fully saturated rings. The van der Waals surface area contributed by atoms with Crippen molar-refractivity contribution in [2.24, 2.45) is 0 Å². The molecule has 2 rings (SSSR count). The van der Waals surface area contributed by atoms with Gasteiger partial charge in [-0.25, -0.2) is 0 Å². The van der Waals surface area contributed by atoms with Gasteiger partial charge in [0.2, 0.25) is 0 Å². The molecule has 0 amide bonds. The van der Waals surface area contributed by atoms with Crippen molar-refractivity contribution in [3.8, 4) is 11.5 Å². The average molecular weight is 341 g/mol. The summed E-state index contributed by atoms with van der Waals surface area (Å²) in [5, 5.41) is 21.4. The number of benzene rings is 2. The van der Waals surface area contributed by atoms with Crippen LogP contribution in [-0.2, 0) is 17.3 Å². The van der Waals surface area contributed by atoms with E-state index in [-0.39, 0.29) is 10.8 Å². The molecule has 0 saturated heterocycles. The highest BCUT2D eigenvalue weighted by Crippen LogP contribution is 2.45. The van der Waals surface area contributed by atoms with Gasteiger partial charge >= 0.3 is 0 Å². The Morgan fingerprint density at radius 1 is 0.760 bits per heavy atom. The maximum atomic E-state index is 11.2. The van der Waals surface area contributed by atoms with E-state index >= 15 is 0 Å². The largest absolute Gasteiger partial charge is 0.508 e. The number of phenols is 2. The van der Waals surface area contributed by atoms with Crippen LogP contribution in [0, 0.1) is 13.8 Å². The van der Waals surface area contributed by atoms with Crippen molar-refractivity contribution in [1.82, 2.24) is 0 Å². The molecule has 0 spiro atoms. The summed E-state index contributed by atoms with van der Waals surface area (Å²) >= 11 is 0. The topological polar surface area (TPSA) is 40.5 Å². The lowest BCUT2D eigenvalue weighted by Crippen LogP contribution is -2.22. The molecule has 0 bridgehead atoms. The van der Waals surface area contributed by atoms with Gasteiger partial charge in [-0.15, -0.1) is 0 Å². The lowest BCUT2D eigenvalue weighted by Gasteiger charge is -2.33. The van der Waals surface area contributed by atoms with Crippen LogP contribution in [0.3, 0.4) is 0 Å². The molecule has 0 unspecified atom stereocenters. The molecule has 0 atom stereocenters. The summed E-state index contributed by atoms with van der Waals surface area (Å²) in [5.74, 6) is 0.715. The van der Waals surface area contributed by atoms with Gasteiger partial charge in [-0.3, -0.25) is 0 Å². The Hall–Kier alpha value is -1.96. The molecule has 0 heterocycles. The van der Waals surface area contributed by atoms with Crippen LogP contribution >= 0.6 is 0 Å². The Morgan fingerprint density at radius 2 is 1.28 bits per heavy atom. The molecule has 25 heavy (non-hydrogen) atoms. The van der Waals surface area contributed by atoms with Gasteiger partial charge in [0.25, 0.3) is 0 Å². The molecule has 0 aliphatic carbocycles. The summed E-state index contributed by atoms with van der Waals surface area (Å²) in [6, 6.07) is 7.45. The SMILES string of the molecule is Cc1c(C)c(C(C)(C)C)c(O)c(C(C)(C)C)c1Cc1ccccc1O. The second-order valence-corrected chi connectivity index (χ2v) is 9.13. The normalized spacial score (nSPS) is 12.5. The number of phenolic OH excluding ortho intramolecular Hbond substituents is 2. The molecular formula is C23H32O2. The van der Waals surface area contributed by atoms with Crippen molar-refractivity contribution in [1.29, 1.82) is 0 Å². The Bertz CT molecular complexity index is 787. The summed E-state index contributed by atoms with van der Waals surface area (Å²) in [6.07, 6.45) is 0.615. The number of hydrogen-bond acceptors (Lipinski definition) is 2. The van der Waals surface area contributed by atoms with E-state index in [1.807, 2.05) is 18.2 Å². The third kappa shape index (κ3) is 3.68. The third-order valence-electron chi connectivity index (χ3n) is 5.02. The summed E-state index contributed by atoms with van der Waals surface area (Å²) in [5.41, 5.74) is 6.05. The second-order valence-electron chi connectivity index (χ2n) is 9.13. The fraction of sp³-hybridized carbons (Fsp3) is 0.478. The van der Waals surface area contributed by atoms with E-state index in [0.717, 1.165) is 27.8 Å². The van der Waals surface area contributed by atoms with Crippen LogP contribution in [0.25, 0.3) is 0 Å². The van der Waals surface area contributed by atoms with Gasteiger partial charge in [0.15, 0.2) is 0 Å². The van der Waals surface area contributed by atoms with Gasteiger partial charge < -0.3 is 10.2 Å². The molecule has 2 heteroatoms. The minimum atomic E-state index is -0.192. The Labute approximate surface area is 152 Å². The molecule has 0 saturated carbocycles. The van der Waals surface area contributed by atoms with Crippen LogP contribution in [-0.4, -0.2) is 10.2 Å². The Morgan fingerprint density at radius 3 is 1.76 bits per heavy atom. The molecule has 2 N–H and O–H groups in total. The van der Waals surface area contributed by atoms with Crippen molar-refractivity contribution in [2.75, 3.05) is 0 Å². The standard InChI is InChI=1S/C23H32O2/c1-14-15(2)19(22(3,4)5)21(25)20(23(6,7)8)17(14)13-16-11-9-10-12-18(16)24/h9-12,24-25H,13H2,1-8H3. The fourth-order valence-corrected chi connectivity index (χ4v) is 3.84. The third-order valence-corrected chi connectivity index (χ3v) is 5.02. The lowest BCUT2D eigenvalue weighted by atomic mass is 9.72. The van der Waals surface area contributed by atoms with Crippen LogP contribution in [0.2, 0.25) is 0 Å². The Balaban J connectivity index is 2.82. The van der Waals surface area contributed by atoms with Crippen molar-refractivity contribution < 1.29 is 10.2 Å². The zero-order valence-electron chi connectivity index (χ0n) is 16.9. The van der Waals surface area contributed by atoms with E-state index in [0.29, 0.717) is 17.9 Å². The smallest absolute Gasteiger partial charge is 0.123 e. The second kappa shape index (κ2) is 6.40. The number of para-hydroxylation sites is 1. The van der Waals surface area contributed by atoms with Crippen LogP contribution in [0.4, 0.5) is 0 Å². The first-order valence-electron chi connectivity index (χ1n) is 8.98. The molecule has 2 nitrogen and oxygen atoms in total. The molecule has 0 radical (unpaired) electrons. The molecule has 0 aliphatic rings. The van der Waals surface area contributed by atoms with Crippen LogP contribution in [0.1, 0.15) is 74.9 Å². The first-order chi connectivity index (χ1) is 11.4. The minimum Gasteiger partial charge on any atom is -0.508 e. The predicted octanol–water partition coefficient (Wildman–Crippen LogP) is 5.90. The molecule has 2 aromatic carbocycles. The predicted molar refractivity (Wildman–Crippen MR) is 106 cm³/mol. The van der Waals surface area contributed by atoms with Gasteiger partial charge in [0, 0.05) is 17.5 Å². The number of aromatic hydroxyl groups is 2. The Kier molecular flexibility index (Phi) is 4.96. The van der Waals surface area contributed by atoms with E-state index in [1.165, 1.54) is 5.56 Å². The van der Waals surface area contributed by atoms with E-state index in [1.54, 1.807) is 6.07 Å². The van der Waals surface area contributed by atoms with E-state index in [4.69, 9.17) is 0 Å². The summed E-state index contributed by atoms with van der Waals surface area (Å²) < 4.78 is 0. The number of hydrogen-bond donors (Lipinski definition) is 2. The molecule has 136 valence electrons. The highest BCUT2D eigenvalue weighted by atomic mass is 16.3. The molecule has 0 aromatic heterocycles. The van der Waals surface area contributed by atoms with E-state index < -0.39 is 0 Å². The van der Waals surface area contributed by atoms with Gasteiger partial charge in [-0.2, -0.15) is 0 Å². The van der Waals surface area contributed by atoms with E-state index in [9.17, 15) is 10.2 Å². The summed E-state index contributed by atoms with van der Waals surface area (Å²) in [7, 11) is 0. The monoisotopic (exact) mass is 340 g/mol. The van der Waals surface area contributed by atoms with Gasteiger partial charge in [0.05, 0.1) is 0 Å². The van der Waals surface area contributed by atoms with Crippen molar-refractivity contribution in [2.45, 2.75) is 72.6 Å². The molecule has 2 aromatic rings. The first kappa shape index (κ1) is 19.4. The highest BCUT2D eigenvalue weighted by Gasteiger charge is 2.31. The van der Waals surface area contributed by atoms with Crippen LogP contribution in [0.15, 0.2) is 24.3 Å². The van der Waals surface area contributed by atoms with Gasteiger partial charge in [0.1, 0.15) is 11.5 Å². The maximum Gasteiger partial charge on any atom is 0.123 e. The van der Waals surface area contributed by atoms with Crippen LogP contribution < -0.4 is 0 Å². The van der Waals surface area contributed by atoms with Crippen molar-refractivity contribution in [3.63, 3.8) is 0 Å². The first-order valence-corrected chi connectivity index (χ1v) is 8.98. The zero-order valence-corrected chi connectivity index (χ0v) is 16.9. The average Bonchev–Trinajstić information content (AvgIpc) is 2.43. The maximum absolute atomic E-state index is 11.2. The fourth-order valence-electron chi connectivity index (χ4n) is 3.84. The van der Waals surface area contributed by atoms with Crippen molar-refractivity contribution in [3.05, 3.63) is 57.6 Å². The molecular weight excluding hydrogens is 308 g/mol. The van der Waals surface area contributed by atoms with Gasteiger partial charge in [-0.1, -0.05) is 59.7 Å². The summed E-state index contributed by atoms with van der Waals surface area (Å²) in [6.45, 7) is 17.1. The van der Waals surface area contributed by atoms with Crippen LogP contribution in [0.5, 0.6) is 11.5 Å². The number of rotatable bonds is 2. The zero-order chi connectivity index (χ0) is 19.2. The van der Waals surface area contributed by atoms with Crippen molar-refractivity contribution >= 4 is 0 Å². The lowest BCUT2D eigenvalue weighted by molar-refractivity contribution is 0.419.